The van der Waals surface area contributed by atoms with Crippen molar-refractivity contribution in [2.45, 2.75) is 4.90 Å². The molecule has 7 aromatic carbocycles. The second-order valence-electron chi connectivity index (χ2n) is 13.6. The number of para-hydroxylation sites is 2. The molecule has 3 aromatic heterocycles. The van der Waals surface area contributed by atoms with E-state index in [0.717, 1.165) is 56.3 Å². The van der Waals surface area contributed by atoms with Crippen LogP contribution in [-0.2, 0) is 31.3 Å². The van der Waals surface area contributed by atoms with Crippen molar-refractivity contribution in [3.05, 3.63) is 176 Å². The lowest BCUT2D eigenvalue weighted by atomic mass is 10.1. The second-order valence-corrected chi connectivity index (χ2v) is 15.8. The smallest absolute Gasteiger partial charge is 0.290 e. The normalized spacial score (nSPS) is 11.1. The van der Waals surface area contributed by atoms with Crippen LogP contribution >= 0.6 is 0 Å². The highest BCUT2D eigenvalue weighted by Gasteiger charge is 2.30. The van der Waals surface area contributed by atoms with Gasteiger partial charge in [0, 0.05) is 33.8 Å². The number of hydrogen-bond donors (Lipinski definition) is 1. The zero-order valence-electron chi connectivity index (χ0n) is 32.4. The van der Waals surface area contributed by atoms with E-state index in [1.807, 2.05) is 120 Å². The highest BCUT2D eigenvalue weighted by Crippen LogP contribution is 2.44. The van der Waals surface area contributed by atoms with Crippen LogP contribution < -0.4 is 0 Å². The molecular weight excluding hydrogens is 865 g/mol. The Morgan fingerprint density at radius 2 is 0.603 bits per heavy atom. The van der Waals surface area contributed by atoms with Gasteiger partial charge in [0.15, 0.2) is 0 Å². The fraction of sp³-hybridized carbons (Fsp3) is 0. The molecule has 312 valence electrons. The summed E-state index contributed by atoms with van der Waals surface area (Å²) in [6.07, 6.45) is 0. The molecule has 0 saturated carbocycles. The molecule has 3 heterocycles. The molecule has 0 aliphatic rings. The zero-order chi connectivity index (χ0) is 44.3. The number of hydrogen-bond acceptors (Lipinski definition) is 11. The topological polar surface area (TPSA) is 210 Å². The molecule has 0 bridgehead atoms. The number of benzene rings is 7. The summed E-state index contributed by atoms with van der Waals surface area (Å²) in [5.41, 5.74) is 9.48. The first-order chi connectivity index (χ1) is 30.4. The number of aromatic nitrogens is 6. The first kappa shape index (κ1) is 41.8. The Balaban J connectivity index is 0.000000630. The third-order valence-electron chi connectivity index (χ3n) is 9.82. The van der Waals surface area contributed by atoms with E-state index in [1.54, 1.807) is 12.1 Å². The summed E-state index contributed by atoms with van der Waals surface area (Å²) in [6, 6.07) is 56.6. The maximum atomic E-state index is 12.2. The number of rotatable bonds is 7. The lowest BCUT2D eigenvalue weighted by Gasteiger charge is -2.12. The Morgan fingerprint density at radius 1 is 0.365 bits per heavy atom. The van der Waals surface area contributed by atoms with Gasteiger partial charge in [0.05, 0.1) is 4.90 Å². The Bertz CT molecular complexity index is 3520. The van der Waals surface area contributed by atoms with Gasteiger partial charge in [-0.05, 0) is 48.5 Å². The summed E-state index contributed by atoms with van der Waals surface area (Å²) < 4.78 is 91.3. The van der Waals surface area contributed by atoms with Gasteiger partial charge in [0.25, 0.3) is 10.1 Å². The van der Waals surface area contributed by atoms with Gasteiger partial charge >= 0.3 is 21.2 Å². The Morgan fingerprint density at radius 3 is 0.857 bits per heavy atom. The number of nitrogens with zero attached hydrogens (tertiary/aromatic N) is 6. The van der Waals surface area contributed by atoms with Gasteiger partial charge < -0.3 is 0 Å². The lowest BCUT2D eigenvalue weighted by Crippen LogP contribution is -2.01. The molecule has 10 rings (SSSR count). The lowest BCUT2D eigenvalue weighted by molar-refractivity contribution is 0.483. The molecule has 0 aliphatic heterocycles. The van der Waals surface area contributed by atoms with E-state index in [0.29, 0.717) is 28.1 Å². The van der Waals surface area contributed by atoms with Gasteiger partial charge in [-0.25, -0.2) is 15.0 Å². The van der Waals surface area contributed by atoms with Crippen LogP contribution in [0.15, 0.2) is 181 Å². The van der Waals surface area contributed by atoms with Crippen LogP contribution in [0.25, 0.3) is 84.3 Å². The summed E-state index contributed by atoms with van der Waals surface area (Å²) in [4.78, 5) is 16.3. The van der Waals surface area contributed by atoms with E-state index < -0.39 is 31.3 Å². The van der Waals surface area contributed by atoms with Crippen LogP contribution in [0.1, 0.15) is 0 Å². The Kier molecular flexibility index (Phi) is 11.7. The predicted molar refractivity (Wildman–Crippen MR) is 236 cm³/mol. The van der Waals surface area contributed by atoms with Crippen molar-refractivity contribution in [3.8, 4) is 51.2 Å². The number of imidazole rings is 3. The van der Waals surface area contributed by atoms with Crippen LogP contribution in [0.5, 0.6) is 0 Å². The minimum Gasteiger partial charge on any atom is -0.290 e. The molecule has 0 radical (unpaired) electrons. The molecule has 10 aromatic rings. The quantitative estimate of drug-likeness (QED) is 0.151. The first-order valence-electron chi connectivity index (χ1n) is 18.7. The Hall–Kier alpha value is -7.90. The molecule has 0 unspecified atom stereocenters. The average molecular weight is 895 g/mol. The predicted octanol–water partition coefficient (Wildman–Crippen LogP) is 7.94. The van der Waals surface area contributed by atoms with Crippen molar-refractivity contribution in [3.63, 3.8) is 0 Å². The van der Waals surface area contributed by atoms with Gasteiger partial charge in [0.2, 0.25) is 0 Å². The van der Waals surface area contributed by atoms with Crippen molar-refractivity contribution in [1.29, 1.82) is 0 Å². The third kappa shape index (κ3) is 8.42. The summed E-state index contributed by atoms with van der Waals surface area (Å²) >= 11 is 0. The minimum atomic E-state index is -4.43. The van der Waals surface area contributed by atoms with Crippen molar-refractivity contribution in [2.75, 3.05) is 0 Å². The van der Waals surface area contributed by atoms with E-state index in [9.17, 15) is 13.0 Å². The fourth-order valence-electron chi connectivity index (χ4n) is 7.43. The van der Waals surface area contributed by atoms with Crippen LogP contribution in [0.2, 0.25) is 0 Å². The third-order valence-corrected chi connectivity index (χ3v) is 10.7. The molecule has 0 amide bonds. The van der Waals surface area contributed by atoms with Crippen molar-refractivity contribution in [2.24, 2.45) is 0 Å². The molecular formula is C45H30N6O9S3. The maximum Gasteiger partial charge on any atom is 0.425 e. The van der Waals surface area contributed by atoms with Gasteiger partial charge in [-0.2, -0.15) is 8.42 Å². The molecule has 18 heteroatoms. The molecule has 0 saturated heterocycles. The van der Waals surface area contributed by atoms with E-state index in [4.69, 9.17) is 40.2 Å². The molecule has 63 heavy (non-hydrogen) atoms. The zero-order valence-corrected chi connectivity index (χ0v) is 34.8. The maximum absolute atomic E-state index is 12.2. The number of fused-ring (bicyclic) bond motifs is 6. The van der Waals surface area contributed by atoms with Crippen LogP contribution in [0.3, 0.4) is 0 Å². The SMILES string of the molecule is O=S(=O)(O)c1ccc(-n2c(-c3ccccc3)nc3c4c(nc(-c5ccccc5)n4-c4ccccc4)c4c(nc(-c5ccccc5)n4-c4ccccc4)c32)cc1.O=S(=O)=O.O=S(=O)=O. The largest absolute Gasteiger partial charge is 0.425 e. The van der Waals surface area contributed by atoms with E-state index in [-0.39, 0.29) is 4.90 Å². The van der Waals surface area contributed by atoms with Crippen LogP contribution in [0.4, 0.5) is 0 Å². The molecule has 15 nitrogen and oxygen atoms in total. The molecule has 0 fully saturated rings. The van der Waals surface area contributed by atoms with Crippen molar-refractivity contribution >= 4 is 64.4 Å². The second kappa shape index (κ2) is 17.6. The van der Waals surface area contributed by atoms with Gasteiger partial charge in [0.1, 0.15) is 50.6 Å². The Labute approximate surface area is 361 Å². The summed E-state index contributed by atoms with van der Waals surface area (Å²) in [7, 11) is -10.7. The minimum absolute atomic E-state index is 0.205. The van der Waals surface area contributed by atoms with Crippen molar-refractivity contribution < 1.29 is 38.2 Å². The van der Waals surface area contributed by atoms with Crippen LogP contribution in [-0.4, -0.2) is 66.9 Å². The van der Waals surface area contributed by atoms with Gasteiger partial charge in [-0.1, -0.05) is 127 Å². The van der Waals surface area contributed by atoms with Crippen LogP contribution in [0, 0.1) is 0 Å². The molecule has 0 spiro atoms. The highest BCUT2D eigenvalue weighted by molar-refractivity contribution is 7.85. The van der Waals surface area contributed by atoms with Gasteiger partial charge in [-0.3, -0.25) is 18.3 Å². The molecule has 1 N–H and O–H groups in total. The van der Waals surface area contributed by atoms with E-state index in [1.165, 1.54) is 12.1 Å². The molecule has 0 atom stereocenters. The van der Waals surface area contributed by atoms with E-state index in [2.05, 4.69) is 45.5 Å². The summed E-state index contributed by atoms with van der Waals surface area (Å²) in [6.45, 7) is 0. The van der Waals surface area contributed by atoms with Crippen molar-refractivity contribution in [1.82, 2.24) is 28.7 Å². The standard InChI is InChI=1S/C45H30N6O3S.2O3S/c52-55(53,54)36-28-26-35(27-29-36)51-42-38-40(49(33-22-12-4-13-23-33)44(47-38)31-18-8-2-9-19-31)37-41(39(42)48-45(51)32-20-10-3-11-21-32)50(34-24-14-5-15-25-34)43(46-37)30-16-6-1-7-17-30;2*1-4(2)3/h1-29H,(H,52,53,54);;. The first-order valence-corrected chi connectivity index (χ1v) is 22.1. The summed E-state index contributed by atoms with van der Waals surface area (Å²) in [5.74, 6) is 2.09. The molecule has 0 aliphatic carbocycles. The highest BCUT2D eigenvalue weighted by atomic mass is 32.2. The fourth-order valence-corrected chi connectivity index (χ4v) is 7.91. The summed E-state index contributed by atoms with van der Waals surface area (Å²) in [5, 5.41) is 0. The van der Waals surface area contributed by atoms with Gasteiger partial charge in [-0.15, -0.1) is 25.3 Å². The van der Waals surface area contributed by atoms with E-state index >= 15 is 0 Å². The average Bonchev–Trinajstić information content (AvgIpc) is 4.00. The monoisotopic (exact) mass is 894 g/mol.